The molecular weight excluding hydrogens is 226 g/mol. The Morgan fingerprint density at radius 2 is 1.72 bits per heavy atom. The number of hydrogen-bond acceptors (Lipinski definition) is 3. The van der Waals surface area contributed by atoms with E-state index in [1.807, 2.05) is 31.2 Å². The molecule has 1 aromatic carbocycles. The predicted molar refractivity (Wildman–Crippen MR) is 74.8 cm³/mol. The largest absolute Gasteiger partial charge is 0.488 e. The van der Waals surface area contributed by atoms with Crippen LogP contribution in [0.4, 0.5) is 0 Å². The topological polar surface area (TPSA) is 41.5 Å². The summed E-state index contributed by atoms with van der Waals surface area (Å²) in [7, 11) is 0. The zero-order valence-corrected chi connectivity index (χ0v) is 12.0. The summed E-state index contributed by atoms with van der Waals surface area (Å²) in [4.78, 5) is 0. The maximum Gasteiger partial charge on any atom is 0.121 e. The first-order valence-electron chi connectivity index (χ1n) is 6.46. The van der Waals surface area contributed by atoms with Crippen molar-refractivity contribution >= 4 is 0 Å². The Labute approximate surface area is 110 Å². The highest BCUT2D eigenvalue weighted by atomic mass is 16.5. The van der Waals surface area contributed by atoms with Gasteiger partial charge in [0.2, 0.25) is 0 Å². The second-order valence-corrected chi connectivity index (χ2v) is 5.81. The Morgan fingerprint density at radius 3 is 2.17 bits per heavy atom. The maximum absolute atomic E-state index is 9.38. The van der Waals surface area contributed by atoms with Gasteiger partial charge >= 0.3 is 0 Å². The van der Waals surface area contributed by atoms with Gasteiger partial charge in [-0.15, -0.1) is 0 Å². The summed E-state index contributed by atoms with van der Waals surface area (Å²) in [6, 6.07) is 7.97. The van der Waals surface area contributed by atoms with Crippen molar-refractivity contribution in [3.8, 4) is 5.75 Å². The van der Waals surface area contributed by atoms with Crippen LogP contribution in [0, 0.1) is 0 Å². The molecule has 0 aliphatic heterocycles. The van der Waals surface area contributed by atoms with E-state index in [0.717, 1.165) is 12.3 Å². The molecule has 18 heavy (non-hydrogen) atoms. The summed E-state index contributed by atoms with van der Waals surface area (Å²) in [6.07, 6.45) is -0.657. The summed E-state index contributed by atoms with van der Waals surface area (Å²) < 4.78 is 5.61. The minimum absolute atomic E-state index is 0.121. The lowest BCUT2D eigenvalue weighted by atomic mass is 10.1. The molecule has 2 atom stereocenters. The van der Waals surface area contributed by atoms with E-state index in [0.29, 0.717) is 0 Å². The van der Waals surface area contributed by atoms with E-state index >= 15 is 0 Å². The lowest BCUT2D eigenvalue weighted by Crippen LogP contribution is -2.35. The van der Waals surface area contributed by atoms with Crippen LogP contribution in [0.5, 0.6) is 5.75 Å². The average molecular weight is 251 g/mol. The second-order valence-electron chi connectivity index (χ2n) is 5.81. The van der Waals surface area contributed by atoms with Gasteiger partial charge in [-0.2, -0.15) is 0 Å². The lowest BCUT2D eigenvalue weighted by molar-refractivity contribution is 0.0604. The third-order valence-corrected chi connectivity index (χ3v) is 2.75. The van der Waals surface area contributed by atoms with Crippen molar-refractivity contribution in [3.63, 3.8) is 0 Å². The van der Waals surface area contributed by atoms with Crippen LogP contribution in [0.1, 0.15) is 40.2 Å². The maximum atomic E-state index is 9.38. The van der Waals surface area contributed by atoms with Gasteiger partial charge < -0.3 is 15.2 Å². The first kappa shape index (κ1) is 15.0. The van der Waals surface area contributed by atoms with Gasteiger partial charge in [-0.3, -0.25) is 0 Å². The molecule has 0 aromatic heterocycles. The molecule has 3 nitrogen and oxygen atoms in total. The van der Waals surface area contributed by atoms with Crippen molar-refractivity contribution in [1.29, 1.82) is 0 Å². The Hall–Kier alpha value is -1.06. The predicted octanol–water partition coefficient (Wildman–Crippen LogP) is 2.72. The molecule has 0 saturated carbocycles. The normalized spacial score (nSPS) is 15.2. The molecule has 0 aliphatic rings. The lowest BCUT2D eigenvalue weighted by Gasteiger charge is -2.21. The van der Waals surface area contributed by atoms with E-state index < -0.39 is 6.10 Å². The van der Waals surface area contributed by atoms with E-state index in [1.54, 1.807) is 6.92 Å². The zero-order chi connectivity index (χ0) is 13.8. The summed E-state index contributed by atoms with van der Waals surface area (Å²) in [5.74, 6) is 0.794. The molecule has 0 radical (unpaired) electrons. The van der Waals surface area contributed by atoms with Crippen LogP contribution in [0.15, 0.2) is 24.3 Å². The number of hydrogen-bond donors (Lipinski definition) is 2. The van der Waals surface area contributed by atoms with Crippen molar-refractivity contribution in [2.75, 3.05) is 0 Å². The molecule has 3 heteroatoms. The minimum Gasteiger partial charge on any atom is -0.488 e. The molecule has 0 heterocycles. The molecule has 2 unspecified atom stereocenters. The van der Waals surface area contributed by atoms with Crippen molar-refractivity contribution in [3.05, 3.63) is 29.8 Å². The van der Waals surface area contributed by atoms with Crippen LogP contribution >= 0.6 is 0 Å². The molecule has 1 rings (SSSR count). The Balaban J connectivity index is 2.52. The van der Waals surface area contributed by atoms with E-state index in [4.69, 9.17) is 4.74 Å². The van der Waals surface area contributed by atoms with Crippen LogP contribution in [0.3, 0.4) is 0 Å². The summed E-state index contributed by atoms with van der Waals surface area (Å²) in [6.45, 7) is 10.9. The Bertz CT molecular complexity index is 352. The van der Waals surface area contributed by atoms with Gasteiger partial charge in [-0.05, 0) is 52.3 Å². The minimum atomic E-state index is -0.466. The Kier molecular flexibility index (Phi) is 5.17. The molecule has 0 spiro atoms. The van der Waals surface area contributed by atoms with Gasteiger partial charge in [0, 0.05) is 12.1 Å². The fourth-order valence-electron chi connectivity index (χ4n) is 1.37. The molecule has 0 amide bonds. The molecule has 102 valence electrons. The van der Waals surface area contributed by atoms with E-state index in [1.165, 1.54) is 5.56 Å². The fourth-order valence-corrected chi connectivity index (χ4v) is 1.37. The van der Waals surface area contributed by atoms with Crippen LogP contribution in [0.2, 0.25) is 0 Å². The monoisotopic (exact) mass is 251 g/mol. The molecule has 0 bridgehead atoms. The van der Waals surface area contributed by atoms with Gasteiger partial charge in [0.15, 0.2) is 0 Å². The third kappa shape index (κ3) is 5.52. The number of benzene rings is 1. The summed E-state index contributed by atoms with van der Waals surface area (Å²) in [5, 5.41) is 12.8. The average Bonchev–Trinajstić information content (AvgIpc) is 2.27. The van der Waals surface area contributed by atoms with Crippen molar-refractivity contribution in [2.45, 2.75) is 58.9 Å². The van der Waals surface area contributed by atoms with Gasteiger partial charge in [0.05, 0.1) is 6.10 Å². The smallest absolute Gasteiger partial charge is 0.121 e. The standard InChI is InChI=1S/C15H25NO2/c1-11(17)12(2)18-14-8-6-13(7-9-14)10-16-15(3,4)5/h6-9,11-12,16-17H,10H2,1-5H3. The molecular formula is C15H25NO2. The van der Waals surface area contributed by atoms with E-state index in [9.17, 15) is 5.11 Å². The van der Waals surface area contributed by atoms with Gasteiger partial charge in [-0.1, -0.05) is 12.1 Å². The van der Waals surface area contributed by atoms with Crippen molar-refractivity contribution in [1.82, 2.24) is 5.32 Å². The summed E-state index contributed by atoms with van der Waals surface area (Å²) >= 11 is 0. The molecule has 2 N–H and O–H groups in total. The van der Waals surface area contributed by atoms with Crippen molar-refractivity contribution in [2.24, 2.45) is 0 Å². The number of aliphatic hydroxyl groups excluding tert-OH is 1. The zero-order valence-electron chi connectivity index (χ0n) is 12.0. The van der Waals surface area contributed by atoms with Crippen LogP contribution < -0.4 is 10.1 Å². The second kappa shape index (κ2) is 6.21. The van der Waals surface area contributed by atoms with Crippen LogP contribution in [0.25, 0.3) is 0 Å². The quantitative estimate of drug-likeness (QED) is 0.845. The number of nitrogens with one attached hydrogen (secondary N) is 1. The van der Waals surface area contributed by atoms with E-state index in [-0.39, 0.29) is 11.6 Å². The highest BCUT2D eigenvalue weighted by Gasteiger charge is 2.11. The number of aliphatic hydroxyl groups is 1. The molecule has 0 fully saturated rings. The fraction of sp³-hybridized carbons (Fsp3) is 0.600. The van der Waals surface area contributed by atoms with Gasteiger partial charge in [-0.25, -0.2) is 0 Å². The molecule has 0 saturated heterocycles. The Morgan fingerprint density at radius 1 is 1.17 bits per heavy atom. The van der Waals surface area contributed by atoms with Gasteiger partial charge in [0.1, 0.15) is 11.9 Å². The first-order chi connectivity index (χ1) is 8.28. The highest BCUT2D eigenvalue weighted by Crippen LogP contribution is 2.15. The summed E-state index contributed by atoms with van der Waals surface area (Å²) in [5.41, 5.74) is 1.35. The molecule has 1 aromatic rings. The first-order valence-corrected chi connectivity index (χ1v) is 6.46. The van der Waals surface area contributed by atoms with Gasteiger partial charge in [0.25, 0.3) is 0 Å². The number of ether oxygens (including phenoxy) is 1. The van der Waals surface area contributed by atoms with Crippen LogP contribution in [-0.4, -0.2) is 22.9 Å². The highest BCUT2D eigenvalue weighted by molar-refractivity contribution is 5.27. The SMILES string of the molecule is CC(O)C(C)Oc1ccc(CNC(C)(C)C)cc1. The van der Waals surface area contributed by atoms with Crippen LogP contribution in [-0.2, 0) is 6.54 Å². The van der Waals surface area contributed by atoms with Crippen molar-refractivity contribution < 1.29 is 9.84 Å². The van der Waals surface area contributed by atoms with E-state index in [2.05, 4.69) is 26.1 Å². The third-order valence-electron chi connectivity index (χ3n) is 2.75. The molecule has 0 aliphatic carbocycles. The number of rotatable bonds is 5.